The predicted molar refractivity (Wildman–Crippen MR) is 153 cm³/mol. The second kappa shape index (κ2) is 10.9. The van der Waals surface area contributed by atoms with Gasteiger partial charge >= 0.3 is 222 Å². The van der Waals surface area contributed by atoms with Crippen LogP contribution in [0.4, 0.5) is 0 Å². The van der Waals surface area contributed by atoms with Crippen molar-refractivity contribution in [3.63, 3.8) is 0 Å². The van der Waals surface area contributed by atoms with Crippen LogP contribution >= 0.6 is 0 Å². The number of benzene rings is 5. The Balaban J connectivity index is 0.00000147. The largest absolute Gasteiger partial charge is 1.00 e. The van der Waals surface area contributed by atoms with E-state index in [0.29, 0.717) is 3.63 Å². The molecule has 1 unspecified atom stereocenters. The Labute approximate surface area is 245 Å². The Morgan fingerprint density at radius 1 is 0.711 bits per heavy atom. The van der Waals surface area contributed by atoms with Crippen molar-refractivity contribution in [2.24, 2.45) is 0 Å². The van der Waals surface area contributed by atoms with Gasteiger partial charge in [-0.05, 0) is 0 Å². The van der Waals surface area contributed by atoms with Crippen LogP contribution in [0.15, 0.2) is 109 Å². The van der Waals surface area contributed by atoms with Crippen LogP contribution in [0.3, 0.4) is 0 Å². The molecule has 0 bridgehead atoms. The van der Waals surface area contributed by atoms with Gasteiger partial charge in [-0.25, -0.2) is 0 Å². The number of halogens is 2. The molecule has 0 saturated carbocycles. The van der Waals surface area contributed by atoms with Crippen molar-refractivity contribution >= 4 is 34.1 Å². The molecule has 0 spiro atoms. The molecule has 0 saturated heterocycles. The van der Waals surface area contributed by atoms with Gasteiger partial charge in [0.15, 0.2) is 0 Å². The van der Waals surface area contributed by atoms with Gasteiger partial charge in [0.05, 0.1) is 0 Å². The molecule has 0 aliphatic heterocycles. The Hall–Kier alpha value is -2.57. The first kappa shape index (κ1) is 27.0. The Morgan fingerprint density at radius 2 is 1.45 bits per heavy atom. The second-order valence-corrected chi connectivity index (χ2v) is 17.6. The average molecular weight is 611 g/mol. The van der Waals surface area contributed by atoms with E-state index in [1.807, 2.05) is 0 Å². The summed E-state index contributed by atoms with van der Waals surface area (Å²) in [7, 11) is 0. The van der Waals surface area contributed by atoms with E-state index in [9.17, 15) is 0 Å². The van der Waals surface area contributed by atoms with Crippen LogP contribution < -0.4 is 24.8 Å². The summed E-state index contributed by atoms with van der Waals surface area (Å²) in [5.41, 5.74) is 8.70. The first-order valence-electron chi connectivity index (χ1n) is 12.9. The van der Waals surface area contributed by atoms with Crippen LogP contribution in [0.5, 0.6) is 0 Å². The van der Waals surface area contributed by atoms with Crippen LogP contribution in [0.1, 0.15) is 39.7 Å². The molecular formula is C35H28Cl2Zr. The maximum atomic E-state index is 2.60. The topological polar surface area (TPSA) is 0 Å². The van der Waals surface area contributed by atoms with E-state index in [-0.39, 0.29) is 24.8 Å². The maximum Gasteiger partial charge on any atom is -1.00 e. The van der Waals surface area contributed by atoms with Gasteiger partial charge in [-0.2, -0.15) is 0 Å². The molecule has 2 aliphatic carbocycles. The smallest absolute Gasteiger partial charge is 1.00 e. The molecule has 0 radical (unpaired) electrons. The monoisotopic (exact) mass is 608 g/mol. The summed E-state index contributed by atoms with van der Waals surface area (Å²) in [6.07, 6.45) is 8.60. The van der Waals surface area contributed by atoms with E-state index >= 15 is 0 Å². The molecule has 1 atom stereocenters. The molecule has 5 aromatic carbocycles. The second-order valence-electron chi connectivity index (χ2n) is 10.2. The molecule has 3 heteroatoms. The summed E-state index contributed by atoms with van der Waals surface area (Å²) < 4.78 is 3.91. The van der Waals surface area contributed by atoms with Crippen molar-refractivity contribution in [3.05, 3.63) is 131 Å². The predicted octanol–water partition coefficient (Wildman–Crippen LogP) is 3.16. The first-order chi connectivity index (χ1) is 17.7. The standard InChI is InChI=1S/C17H11.C15H11.C3H6.2ClH.Zr/c1-2-6-15-12(4-1)8-10-14-11-9-13-5-3-7-16(13)17(14)15;1-2-6-12(7-3-1)14-10-4-8-13-9-5-11-15(13)14;1-3-2;;;/h1-4,6,8-11H,7H2;1-11H;1-2H3;2*1H;/q;;;;;+2/p-2. The van der Waals surface area contributed by atoms with Gasteiger partial charge in [0.2, 0.25) is 0 Å². The van der Waals surface area contributed by atoms with Crippen LogP contribution in [0, 0.1) is 0 Å². The van der Waals surface area contributed by atoms with Crippen LogP contribution in [0.25, 0.3) is 42.0 Å². The molecule has 0 amide bonds. The molecule has 186 valence electrons. The number of fused-ring (bicyclic) bond motifs is 6. The van der Waals surface area contributed by atoms with Gasteiger partial charge in [0.1, 0.15) is 0 Å². The zero-order valence-electron chi connectivity index (χ0n) is 21.5. The van der Waals surface area contributed by atoms with Gasteiger partial charge in [-0.3, -0.25) is 0 Å². The summed E-state index contributed by atoms with van der Waals surface area (Å²) in [4.78, 5) is 0. The summed E-state index contributed by atoms with van der Waals surface area (Å²) >= 11 is -2.21. The van der Waals surface area contributed by atoms with Crippen LogP contribution in [-0.2, 0) is 27.7 Å². The van der Waals surface area contributed by atoms with Gasteiger partial charge in [0, 0.05) is 0 Å². The molecule has 5 aromatic rings. The fourth-order valence-electron chi connectivity index (χ4n) is 6.41. The SMILES string of the molecule is C[C](C)=[Zr+2]([C]1=CCc2c1ccc1ccc3ccccc3c21)[CH]1C=Cc2c(-c3ccccc3)cccc21.[Cl-].[Cl-]. The third-order valence-electron chi connectivity index (χ3n) is 7.97. The van der Waals surface area contributed by atoms with Crippen molar-refractivity contribution < 1.29 is 46.1 Å². The average Bonchev–Trinajstić information content (AvgIpc) is 3.54. The van der Waals surface area contributed by atoms with Gasteiger partial charge in [0.25, 0.3) is 0 Å². The quantitative estimate of drug-likeness (QED) is 0.276. The Bertz CT molecular complexity index is 1770. The zero-order chi connectivity index (χ0) is 24.2. The molecule has 38 heavy (non-hydrogen) atoms. The molecular weight excluding hydrogens is 583 g/mol. The van der Waals surface area contributed by atoms with Crippen LogP contribution in [-0.4, -0.2) is 3.21 Å². The molecule has 7 rings (SSSR count). The molecule has 0 N–H and O–H groups in total. The number of hydrogen-bond donors (Lipinski definition) is 0. The maximum absolute atomic E-state index is 2.60. The fraction of sp³-hybridized carbons (Fsp3) is 0.114. The number of allylic oxidation sites excluding steroid dienone is 2. The molecule has 0 fully saturated rings. The van der Waals surface area contributed by atoms with E-state index in [1.54, 1.807) is 12.1 Å². The van der Waals surface area contributed by atoms with Crippen LogP contribution in [0.2, 0.25) is 0 Å². The molecule has 2 aliphatic rings. The van der Waals surface area contributed by atoms with Crippen molar-refractivity contribution in [2.75, 3.05) is 0 Å². The van der Waals surface area contributed by atoms with Gasteiger partial charge < -0.3 is 24.8 Å². The van der Waals surface area contributed by atoms with Crippen molar-refractivity contribution in [2.45, 2.75) is 23.9 Å². The summed E-state index contributed by atoms with van der Waals surface area (Å²) in [6, 6.07) is 36.0. The van der Waals surface area contributed by atoms with Crippen molar-refractivity contribution in [3.8, 4) is 11.1 Å². The summed E-state index contributed by atoms with van der Waals surface area (Å²) in [6.45, 7) is 4.80. The van der Waals surface area contributed by atoms with Crippen molar-refractivity contribution in [1.29, 1.82) is 0 Å². The minimum Gasteiger partial charge on any atom is -1.00 e. The van der Waals surface area contributed by atoms with Gasteiger partial charge in [-0.1, -0.05) is 0 Å². The Morgan fingerprint density at radius 3 is 2.26 bits per heavy atom. The molecule has 0 heterocycles. The normalized spacial score (nSPS) is 14.7. The number of rotatable bonds is 3. The fourth-order valence-corrected chi connectivity index (χ4v) is 14.3. The van der Waals surface area contributed by atoms with E-state index in [2.05, 4.69) is 129 Å². The molecule has 0 aromatic heterocycles. The minimum atomic E-state index is -2.21. The third-order valence-corrected chi connectivity index (χ3v) is 16.0. The minimum absolute atomic E-state index is 0. The zero-order valence-corrected chi connectivity index (χ0v) is 25.5. The van der Waals surface area contributed by atoms with E-state index in [1.165, 1.54) is 49.4 Å². The number of hydrogen-bond acceptors (Lipinski definition) is 0. The Kier molecular flexibility index (Phi) is 7.75. The van der Waals surface area contributed by atoms with E-state index < -0.39 is 21.3 Å². The van der Waals surface area contributed by atoms with E-state index in [4.69, 9.17) is 0 Å². The molecule has 0 nitrogen and oxygen atoms in total. The summed E-state index contributed by atoms with van der Waals surface area (Å²) in [5.74, 6) is 0. The van der Waals surface area contributed by atoms with Gasteiger partial charge in [-0.15, -0.1) is 0 Å². The van der Waals surface area contributed by atoms with Crippen molar-refractivity contribution in [1.82, 2.24) is 0 Å². The third kappa shape index (κ3) is 4.30. The summed E-state index contributed by atoms with van der Waals surface area (Å²) in [5, 5.41) is 5.55. The first-order valence-corrected chi connectivity index (χ1v) is 16.8. The van der Waals surface area contributed by atoms with E-state index in [0.717, 1.165) is 6.42 Å².